The van der Waals surface area contributed by atoms with Gasteiger partial charge in [0.25, 0.3) is 0 Å². The summed E-state index contributed by atoms with van der Waals surface area (Å²) in [4.78, 5) is 2.47. The van der Waals surface area contributed by atoms with Gasteiger partial charge in [0, 0.05) is 10.9 Å². The molecule has 0 N–H and O–H groups in total. The van der Waals surface area contributed by atoms with Crippen molar-refractivity contribution in [3.63, 3.8) is 0 Å². The lowest BCUT2D eigenvalue weighted by Gasteiger charge is -1.86. The Labute approximate surface area is 91.5 Å². The highest BCUT2D eigenvalue weighted by atomic mass is 35.5. The summed E-state index contributed by atoms with van der Waals surface area (Å²) in [6.07, 6.45) is 1.06. The third-order valence-electron chi connectivity index (χ3n) is 1.95. The molecular formula is C10H10ClNOS. The number of hydrogen-bond acceptors (Lipinski definition) is 3. The average Bonchev–Trinajstić information content (AvgIpc) is 2.86. The highest BCUT2D eigenvalue weighted by Crippen LogP contribution is 2.29. The molecule has 2 rings (SSSR count). The van der Waals surface area contributed by atoms with Gasteiger partial charge in [-0.25, -0.2) is 0 Å². The van der Waals surface area contributed by atoms with Crippen molar-refractivity contribution < 1.29 is 4.52 Å². The van der Waals surface area contributed by atoms with E-state index in [0.29, 0.717) is 5.88 Å². The summed E-state index contributed by atoms with van der Waals surface area (Å²) in [5, 5.41) is 3.85. The fourth-order valence-electron chi connectivity index (χ4n) is 1.19. The van der Waals surface area contributed by atoms with Crippen molar-refractivity contribution in [1.29, 1.82) is 0 Å². The topological polar surface area (TPSA) is 26.0 Å². The van der Waals surface area contributed by atoms with E-state index in [2.05, 4.69) is 24.2 Å². The monoisotopic (exact) mass is 227 g/mol. The summed E-state index contributed by atoms with van der Waals surface area (Å²) in [7, 11) is 0. The van der Waals surface area contributed by atoms with Crippen molar-refractivity contribution >= 4 is 22.9 Å². The highest BCUT2D eigenvalue weighted by Gasteiger charge is 2.08. The Bertz CT molecular complexity index is 381. The molecule has 0 radical (unpaired) electrons. The molecule has 74 valence electrons. The van der Waals surface area contributed by atoms with Crippen LogP contribution < -0.4 is 0 Å². The minimum absolute atomic E-state index is 0.398. The van der Waals surface area contributed by atoms with E-state index in [4.69, 9.17) is 16.1 Å². The van der Waals surface area contributed by atoms with Crippen molar-refractivity contribution in [2.24, 2.45) is 0 Å². The molecule has 0 bridgehead atoms. The van der Waals surface area contributed by atoms with Crippen molar-refractivity contribution in [2.75, 3.05) is 0 Å². The van der Waals surface area contributed by atoms with Crippen LogP contribution in [0.15, 0.2) is 22.7 Å². The highest BCUT2D eigenvalue weighted by molar-refractivity contribution is 7.15. The predicted molar refractivity (Wildman–Crippen MR) is 58.8 cm³/mol. The van der Waals surface area contributed by atoms with Gasteiger partial charge in [-0.2, -0.15) is 0 Å². The fraction of sp³-hybridized carbons (Fsp3) is 0.300. The zero-order valence-corrected chi connectivity index (χ0v) is 9.36. The summed E-state index contributed by atoms with van der Waals surface area (Å²) >= 11 is 7.37. The van der Waals surface area contributed by atoms with Gasteiger partial charge in [-0.15, -0.1) is 22.9 Å². The Hall–Kier alpha value is -0.800. The Morgan fingerprint density at radius 2 is 2.36 bits per heavy atom. The Kier molecular flexibility index (Phi) is 2.89. The second kappa shape index (κ2) is 4.15. The first kappa shape index (κ1) is 9.74. The number of aromatic nitrogens is 1. The van der Waals surface area contributed by atoms with Gasteiger partial charge in [-0.3, -0.25) is 0 Å². The van der Waals surface area contributed by atoms with Crippen LogP contribution in [0.25, 0.3) is 10.6 Å². The minimum Gasteiger partial charge on any atom is -0.355 e. The number of alkyl halides is 1. The van der Waals surface area contributed by atoms with Gasteiger partial charge in [0.15, 0.2) is 5.76 Å². The van der Waals surface area contributed by atoms with Gasteiger partial charge in [0.05, 0.1) is 16.5 Å². The van der Waals surface area contributed by atoms with Gasteiger partial charge >= 0.3 is 0 Å². The maximum Gasteiger partial charge on any atom is 0.177 e. The first-order valence-electron chi connectivity index (χ1n) is 4.44. The van der Waals surface area contributed by atoms with Gasteiger partial charge in [-0.05, 0) is 18.6 Å². The van der Waals surface area contributed by atoms with Gasteiger partial charge in [0.2, 0.25) is 0 Å². The third kappa shape index (κ3) is 1.83. The van der Waals surface area contributed by atoms with Gasteiger partial charge < -0.3 is 4.52 Å². The quantitative estimate of drug-likeness (QED) is 0.748. The Balaban J connectivity index is 2.29. The number of thiophene rings is 1. The van der Waals surface area contributed by atoms with E-state index in [0.717, 1.165) is 22.8 Å². The van der Waals surface area contributed by atoms with E-state index >= 15 is 0 Å². The number of nitrogens with zero attached hydrogens (tertiary/aromatic N) is 1. The molecule has 0 saturated carbocycles. The van der Waals surface area contributed by atoms with Crippen LogP contribution in [-0.4, -0.2) is 5.16 Å². The number of hydrogen-bond donors (Lipinski definition) is 0. The van der Waals surface area contributed by atoms with Crippen molar-refractivity contribution in [2.45, 2.75) is 19.2 Å². The van der Waals surface area contributed by atoms with E-state index < -0.39 is 0 Å². The van der Waals surface area contributed by atoms with Crippen LogP contribution in [0.1, 0.15) is 17.5 Å². The molecule has 0 atom stereocenters. The normalized spacial score (nSPS) is 10.7. The molecule has 0 aliphatic rings. The van der Waals surface area contributed by atoms with Gasteiger partial charge in [-0.1, -0.05) is 12.1 Å². The van der Waals surface area contributed by atoms with Crippen LogP contribution in [0.4, 0.5) is 0 Å². The second-order valence-corrected chi connectivity index (χ2v) is 4.37. The molecule has 0 aliphatic carbocycles. The molecule has 0 aromatic carbocycles. The fourth-order valence-corrected chi connectivity index (χ4v) is 2.21. The molecule has 0 amide bonds. The first-order chi connectivity index (χ1) is 6.83. The van der Waals surface area contributed by atoms with Crippen molar-refractivity contribution in [3.8, 4) is 10.6 Å². The van der Waals surface area contributed by atoms with Gasteiger partial charge in [0.1, 0.15) is 0 Å². The average molecular weight is 228 g/mol. The maximum atomic E-state index is 5.64. The molecule has 2 aromatic rings. The Morgan fingerprint density at radius 3 is 2.93 bits per heavy atom. The second-order valence-electron chi connectivity index (χ2n) is 2.94. The molecule has 2 heterocycles. The van der Waals surface area contributed by atoms with E-state index in [1.807, 2.05) is 6.07 Å². The largest absolute Gasteiger partial charge is 0.355 e. The zero-order chi connectivity index (χ0) is 9.97. The summed E-state index contributed by atoms with van der Waals surface area (Å²) in [5.74, 6) is 1.21. The van der Waals surface area contributed by atoms with E-state index in [1.54, 1.807) is 11.3 Å². The molecular weight excluding hydrogens is 218 g/mol. The zero-order valence-electron chi connectivity index (χ0n) is 7.79. The molecule has 0 aliphatic heterocycles. The molecule has 0 spiro atoms. The van der Waals surface area contributed by atoms with Crippen LogP contribution >= 0.6 is 22.9 Å². The summed E-state index contributed by atoms with van der Waals surface area (Å²) in [5.41, 5.74) is 0.785. The molecule has 2 aromatic heterocycles. The van der Waals surface area contributed by atoms with Crippen LogP contribution in [0.5, 0.6) is 0 Å². The smallest absolute Gasteiger partial charge is 0.177 e. The summed E-state index contributed by atoms with van der Waals surface area (Å²) in [6.45, 7) is 2.14. The van der Waals surface area contributed by atoms with Crippen LogP contribution in [0.2, 0.25) is 0 Å². The van der Waals surface area contributed by atoms with Crippen LogP contribution in [0, 0.1) is 0 Å². The number of halogens is 1. The van der Waals surface area contributed by atoms with E-state index in [9.17, 15) is 0 Å². The van der Waals surface area contributed by atoms with Crippen molar-refractivity contribution in [3.05, 3.63) is 28.8 Å². The Morgan fingerprint density at radius 1 is 1.50 bits per heavy atom. The summed E-state index contributed by atoms with van der Waals surface area (Å²) < 4.78 is 5.18. The maximum absolute atomic E-state index is 5.64. The van der Waals surface area contributed by atoms with Crippen LogP contribution in [0.3, 0.4) is 0 Å². The van der Waals surface area contributed by atoms with Crippen LogP contribution in [-0.2, 0) is 12.3 Å². The third-order valence-corrected chi connectivity index (χ3v) is 3.47. The van der Waals surface area contributed by atoms with E-state index in [-0.39, 0.29) is 0 Å². The lowest BCUT2D eigenvalue weighted by molar-refractivity contribution is 0.427. The number of rotatable bonds is 3. The molecule has 4 heteroatoms. The lowest BCUT2D eigenvalue weighted by Crippen LogP contribution is -1.70. The SMILES string of the molecule is CCc1ccc(-c2cc(CCl)no2)s1. The molecule has 0 unspecified atom stereocenters. The lowest BCUT2D eigenvalue weighted by atomic mass is 10.3. The number of aryl methyl sites for hydroxylation is 1. The minimum atomic E-state index is 0.398. The standard InChI is InChI=1S/C10H10ClNOS/c1-2-8-3-4-10(14-8)9-5-7(6-11)12-13-9/h3-5H,2,6H2,1H3. The molecule has 14 heavy (non-hydrogen) atoms. The van der Waals surface area contributed by atoms with Crippen molar-refractivity contribution in [1.82, 2.24) is 5.16 Å². The molecule has 2 nitrogen and oxygen atoms in total. The predicted octanol–water partition coefficient (Wildman–Crippen LogP) is 3.70. The molecule has 0 saturated heterocycles. The summed E-state index contributed by atoms with van der Waals surface area (Å²) in [6, 6.07) is 6.06. The van der Waals surface area contributed by atoms with E-state index in [1.165, 1.54) is 4.88 Å². The molecule has 0 fully saturated rings. The first-order valence-corrected chi connectivity index (χ1v) is 5.79.